The Hall–Kier alpha value is -0.670. The highest BCUT2D eigenvalue weighted by atomic mass is 32.2. The van der Waals surface area contributed by atoms with E-state index in [0.29, 0.717) is 5.25 Å². The fraction of sp³-hybridized carbons (Fsp3) is 0.571. The Morgan fingerprint density at radius 1 is 1.53 bits per heavy atom. The number of anilines is 1. The first-order chi connectivity index (χ1) is 8.10. The Bertz CT molecular complexity index is 394. The first-order valence-corrected chi connectivity index (χ1v) is 7.27. The molecular weight excluding hydrogens is 228 g/mol. The Labute approximate surface area is 109 Å². The zero-order valence-corrected chi connectivity index (χ0v) is 11.8. The van der Waals surface area contributed by atoms with E-state index in [4.69, 9.17) is 5.73 Å². The van der Waals surface area contributed by atoms with Crippen LogP contribution in [0.5, 0.6) is 0 Å². The van der Waals surface area contributed by atoms with Gasteiger partial charge >= 0.3 is 0 Å². The molecule has 0 radical (unpaired) electrons. The van der Waals surface area contributed by atoms with Crippen LogP contribution >= 0.6 is 11.8 Å². The third kappa shape index (κ3) is 2.18. The summed E-state index contributed by atoms with van der Waals surface area (Å²) in [7, 11) is 2.18. The van der Waals surface area contributed by atoms with Gasteiger partial charge in [-0.3, -0.25) is 0 Å². The minimum atomic E-state index is 0.123. The number of thioether (sulfide) groups is 1. The molecule has 1 aliphatic heterocycles. The fourth-order valence-corrected chi connectivity index (χ4v) is 4.22. The molecule has 2 rings (SSSR count). The fourth-order valence-electron chi connectivity index (χ4n) is 2.71. The molecule has 0 aliphatic carbocycles. The van der Waals surface area contributed by atoms with Gasteiger partial charge in [0.25, 0.3) is 0 Å². The Kier molecular flexibility index (Phi) is 3.69. The third-order valence-corrected chi connectivity index (χ3v) is 5.45. The van der Waals surface area contributed by atoms with Crippen molar-refractivity contribution in [3.8, 4) is 0 Å². The number of hydrogen-bond donors (Lipinski definition) is 1. The molecule has 2 atom stereocenters. The molecule has 2 unspecified atom stereocenters. The molecule has 0 bridgehead atoms. The molecule has 0 saturated carbocycles. The van der Waals surface area contributed by atoms with Crippen molar-refractivity contribution in [2.24, 2.45) is 5.73 Å². The van der Waals surface area contributed by atoms with Crippen LogP contribution in [-0.4, -0.2) is 30.1 Å². The Balaban J connectivity index is 2.32. The standard InChI is InChI=1S/C14H22N2S/c1-11-5-4-6-13(9-11)16(3)14(10-15)7-8-17-12(14)2/h4-6,9,12H,7-8,10,15H2,1-3H3. The second kappa shape index (κ2) is 4.91. The molecule has 1 aromatic carbocycles. The van der Waals surface area contributed by atoms with Crippen LogP contribution in [0, 0.1) is 6.92 Å². The average molecular weight is 250 g/mol. The topological polar surface area (TPSA) is 29.3 Å². The highest BCUT2D eigenvalue weighted by Gasteiger charge is 2.43. The summed E-state index contributed by atoms with van der Waals surface area (Å²) >= 11 is 2.03. The maximum atomic E-state index is 6.08. The first kappa shape index (κ1) is 12.8. The maximum absolute atomic E-state index is 6.08. The zero-order valence-electron chi connectivity index (χ0n) is 10.9. The molecule has 1 saturated heterocycles. The lowest BCUT2D eigenvalue weighted by atomic mass is 9.90. The van der Waals surface area contributed by atoms with Gasteiger partial charge in [0.1, 0.15) is 0 Å². The largest absolute Gasteiger partial charge is 0.366 e. The summed E-state index contributed by atoms with van der Waals surface area (Å²) in [5.41, 5.74) is 8.79. The quantitative estimate of drug-likeness (QED) is 0.894. The van der Waals surface area contributed by atoms with Crippen molar-refractivity contribution in [3.05, 3.63) is 29.8 Å². The lowest BCUT2D eigenvalue weighted by Gasteiger charge is -2.42. The van der Waals surface area contributed by atoms with Gasteiger partial charge in [0.15, 0.2) is 0 Å². The van der Waals surface area contributed by atoms with E-state index in [-0.39, 0.29) is 5.54 Å². The van der Waals surface area contributed by atoms with Crippen LogP contribution in [0.2, 0.25) is 0 Å². The van der Waals surface area contributed by atoms with Crippen LogP contribution in [0.3, 0.4) is 0 Å². The van der Waals surface area contributed by atoms with E-state index in [9.17, 15) is 0 Å². The molecule has 0 amide bonds. The van der Waals surface area contributed by atoms with Crippen LogP contribution < -0.4 is 10.6 Å². The molecule has 0 aromatic heterocycles. The van der Waals surface area contributed by atoms with Crippen LogP contribution in [0.1, 0.15) is 18.9 Å². The molecule has 0 spiro atoms. The molecule has 1 heterocycles. The molecule has 2 nitrogen and oxygen atoms in total. The predicted molar refractivity (Wildman–Crippen MR) is 77.9 cm³/mol. The molecule has 3 heteroatoms. The van der Waals surface area contributed by atoms with Crippen molar-refractivity contribution in [1.29, 1.82) is 0 Å². The van der Waals surface area contributed by atoms with E-state index in [1.165, 1.54) is 23.4 Å². The molecule has 1 fully saturated rings. The lowest BCUT2D eigenvalue weighted by molar-refractivity contribution is 0.415. The summed E-state index contributed by atoms with van der Waals surface area (Å²) in [6.07, 6.45) is 1.18. The molecule has 17 heavy (non-hydrogen) atoms. The van der Waals surface area contributed by atoms with Gasteiger partial charge in [-0.2, -0.15) is 11.8 Å². The maximum Gasteiger partial charge on any atom is 0.0644 e. The average Bonchev–Trinajstić information content (AvgIpc) is 2.70. The molecule has 94 valence electrons. The van der Waals surface area contributed by atoms with Gasteiger partial charge in [-0.1, -0.05) is 19.1 Å². The number of nitrogens with zero attached hydrogens (tertiary/aromatic N) is 1. The number of rotatable bonds is 3. The van der Waals surface area contributed by atoms with Crippen molar-refractivity contribution >= 4 is 17.4 Å². The van der Waals surface area contributed by atoms with Gasteiger partial charge in [-0.05, 0) is 36.8 Å². The molecule has 1 aromatic rings. The van der Waals surface area contributed by atoms with Crippen LogP contribution in [0.15, 0.2) is 24.3 Å². The van der Waals surface area contributed by atoms with Gasteiger partial charge < -0.3 is 10.6 Å². The molecule has 2 N–H and O–H groups in total. The third-order valence-electron chi connectivity index (χ3n) is 4.07. The normalized spacial score (nSPS) is 28.4. The summed E-state index contributed by atoms with van der Waals surface area (Å²) in [5, 5.41) is 0.595. The van der Waals surface area contributed by atoms with Crippen molar-refractivity contribution in [1.82, 2.24) is 0 Å². The Morgan fingerprint density at radius 2 is 2.29 bits per heavy atom. The van der Waals surface area contributed by atoms with Crippen LogP contribution in [-0.2, 0) is 0 Å². The van der Waals surface area contributed by atoms with Crippen molar-refractivity contribution in [2.75, 3.05) is 24.2 Å². The van der Waals surface area contributed by atoms with Crippen molar-refractivity contribution in [3.63, 3.8) is 0 Å². The van der Waals surface area contributed by atoms with Gasteiger partial charge in [0.2, 0.25) is 0 Å². The first-order valence-electron chi connectivity index (χ1n) is 6.22. The minimum absolute atomic E-state index is 0.123. The highest BCUT2D eigenvalue weighted by molar-refractivity contribution is 8.00. The van der Waals surface area contributed by atoms with Gasteiger partial charge in [0.05, 0.1) is 5.54 Å². The van der Waals surface area contributed by atoms with E-state index in [1.807, 2.05) is 11.8 Å². The molecular formula is C14H22N2S. The summed E-state index contributed by atoms with van der Waals surface area (Å²) < 4.78 is 0. The summed E-state index contributed by atoms with van der Waals surface area (Å²) in [6.45, 7) is 5.17. The second-order valence-electron chi connectivity index (χ2n) is 4.97. The van der Waals surface area contributed by atoms with Crippen molar-refractivity contribution in [2.45, 2.75) is 31.1 Å². The SMILES string of the molecule is Cc1cccc(N(C)C2(CN)CCSC2C)c1. The number of likely N-dealkylation sites (N-methyl/N-ethyl adjacent to an activating group) is 1. The van der Waals surface area contributed by atoms with E-state index < -0.39 is 0 Å². The number of aryl methyl sites for hydroxylation is 1. The number of benzene rings is 1. The minimum Gasteiger partial charge on any atom is -0.366 e. The molecule has 1 aliphatic rings. The van der Waals surface area contributed by atoms with Gasteiger partial charge in [-0.15, -0.1) is 0 Å². The van der Waals surface area contributed by atoms with Gasteiger partial charge in [-0.25, -0.2) is 0 Å². The highest BCUT2D eigenvalue weighted by Crippen LogP contribution is 2.40. The monoisotopic (exact) mass is 250 g/mol. The summed E-state index contributed by atoms with van der Waals surface area (Å²) in [4.78, 5) is 2.39. The number of hydrogen-bond acceptors (Lipinski definition) is 3. The van der Waals surface area contributed by atoms with Crippen molar-refractivity contribution < 1.29 is 0 Å². The predicted octanol–water partition coefficient (Wildman–Crippen LogP) is 2.65. The van der Waals surface area contributed by atoms with Gasteiger partial charge in [0, 0.05) is 24.5 Å². The lowest BCUT2D eigenvalue weighted by Crippen LogP contribution is -2.56. The van der Waals surface area contributed by atoms with E-state index in [1.54, 1.807) is 0 Å². The smallest absolute Gasteiger partial charge is 0.0644 e. The summed E-state index contributed by atoms with van der Waals surface area (Å²) in [6, 6.07) is 8.69. The second-order valence-corrected chi connectivity index (χ2v) is 6.42. The number of nitrogens with two attached hydrogens (primary N) is 1. The van der Waals surface area contributed by atoms with Crippen LogP contribution in [0.25, 0.3) is 0 Å². The van der Waals surface area contributed by atoms with Crippen LogP contribution in [0.4, 0.5) is 5.69 Å². The zero-order chi connectivity index (χ0) is 12.5. The summed E-state index contributed by atoms with van der Waals surface area (Å²) in [5.74, 6) is 1.22. The van der Waals surface area contributed by atoms with E-state index >= 15 is 0 Å². The van der Waals surface area contributed by atoms with E-state index in [2.05, 4.69) is 50.1 Å². The van der Waals surface area contributed by atoms with E-state index in [0.717, 1.165) is 6.54 Å². The Morgan fingerprint density at radius 3 is 2.82 bits per heavy atom.